The summed E-state index contributed by atoms with van der Waals surface area (Å²) in [6, 6.07) is 0. The molecule has 1 aliphatic heterocycles. The van der Waals surface area contributed by atoms with E-state index in [1.807, 2.05) is 0 Å². The molecule has 0 aromatic carbocycles. The van der Waals surface area contributed by atoms with Crippen molar-refractivity contribution in [3.63, 3.8) is 0 Å². The van der Waals surface area contributed by atoms with Crippen molar-refractivity contribution in [2.75, 3.05) is 6.61 Å². The molecule has 1 unspecified atom stereocenters. The number of rotatable bonds is 1. The first-order valence-electron chi connectivity index (χ1n) is 3.58. The Morgan fingerprint density at radius 2 is 1.83 bits per heavy atom. The number of aliphatic hydroxyl groups excluding tert-OH is 3. The Morgan fingerprint density at radius 1 is 1.25 bits per heavy atom. The third-order valence-corrected chi connectivity index (χ3v) is 2.59. The molecule has 6 heteroatoms. The van der Waals surface area contributed by atoms with Gasteiger partial charge in [-0.2, -0.15) is 0 Å². The molecule has 1 saturated carbocycles. The van der Waals surface area contributed by atoms with Crippen LogP contribution in [0.4, 0.5) is 0 Å². The van der Waals surface area contributed by atoms with Crippen molar-refractivity contribution in [1.29, 1.82) is 0 Å². The molecule has 1 aliphatic carbocycles. The van der Waals surface area contributed by atoms with Gasteiger partial charge in [0.25, 0.3) is 0 Å². The van der Waals surface area contributed by atoms with Gasteiger partial charge in [-0.05, 0) is 0 Å². The summed E-state index contributed by atoms with van der Waals surface area (Å²) in [5, 5.41) is 45.5. The molecule has 0 spiro atoms. The molecule has 0 radical (unpaired) electrons. The van der Waals surface area contributed by atoms with Gasteiger partial charge in [0.2, 0.25) is 5.79 Å². The van der Waals surface area contributed by atoms with E-state index in [0.29, 0.717) is 0 Å². The molecule has 1 heterocycles. The van der Waals surface area contributed by atoms with E-state index < -0.39 is 36.3 Å². The molecule has 2 fully saturated rings. The van der Waals surface area contributed by atoms with Crippen LogP contribution in [0.2, 0.25) is 0 Å². The Balaban J connectivity index is 2.24. The minimum absolute atomic E-state index is 0.515. The van der Waals surface area contributed by atoms with Gasteiger partial charge < -0.3 is 30.3 Å². The van der Waals surface area contributed by atoms with Crippen LogP contribution in [0.5, 0.6) is 0 Å². The van der Waals surface area contributed by atoms with Crippen LogP contribution in [0.15, 0.2) is 0 Å². The van der Waals surface area contributed by atoms with Gasteiger partial charge in [0, 0.05) is 0 Å². The Hall–Kier alpha value is -0.240. The van der Waals surface area contributed by atoms with Gasteiger partial charge in [0.1, 0.15) is 18.3 Å². The van der Waals surface area contributed by atoms with Gasteiger partial charge in [-0.25, -0.2) is 0 Å². The predicted octanol–water partition coefficient (Wildman–Crippen LogP) is -3.47. The zero-order valence-corrected chi connectivity index (χ0v) is 6.08. The van der Waals surface area contributed by atoms with Crippen molar-refractivity contribution in [3.05, 3.63) is 0 Å². The Bertz CT molecular complexity index is 220. The van der Waals surface area contributed by atoms with Gasteiger partial charge >= 0.3 is 0 Å². The summed E-state index contributed by atoms with van der Waals surface area (Å²) in [7, 11) is 0. The number of ether oxygens (including phenoxy) is 1. The molecule has 0 aromatic heterocycles. The lowest BCUT2D eigenvalue weighted by atomic mass is 10.1. The van der Waals surface area contributed by atoms with Gasteiger partial charge in [0.15, 0.2) is 5.60 Å². The second-order valence-electron chi connectivity index (χ2n) is 3.21. The van der Waals surface area contributed by atoms with Crippen LogP contribution in [0.25, 0.3) is 0 Å². The summed E-state index contributed by atoms with van der Waals surface area (Å²) in [6.45, 7) is -0.515. The Labute approximate surface area is 67.6 Å². The average molecular weight is 178 g/mol. The van der Waals surface area contributed by atoms with Crippen LogP contribution in [0.3, 0.4) is 0 Å². The summed E-state index contributed by atoms with van der Waals surface area (Å²) in [5.74, 6) is -2.10. The molecule has 0 bridgehead atoms. The molecule has 2 rings (SSSR count). The zero-order valence-electron chi connectivity index (χ0n) is 6.08. The Kier molecular flexibility index (Phi) is 1.38. The van der Waals surface area contributed by atoms with Crippen molar-refractivity contribution < 1.29 is 30.3 Å². The van der Waals surface area contributed by atoms with Gasteiger partial charge in [-0.15, -0.1) is 0 Å². The predicted molar refractivity (Wildman–Crippen MR) is 33.9 cm³/mol. The van der Waals surface area contributed by atoms with E-state index >= 15 is 0 Å². The molecule has 2 aliphatic rings. The SMILES string of the molecule is OC[C@H]1O[C@]2(O)C(O)[C@]2(O)[C@@H]1O. The lowest BCUT2D eigenvalue weighted by Crippen LogP contribution is -2.40. The van der Waals surface area contributed by atoms with E-state index in [-0.39, 0.29) is 0 Å². The maximum Gasteiger partial charge on any atom is 0.231 e. The fraction of sp³-hybridized carbons (Fsp3) is 1.00. The topological polar surface area (TPSA) is 110 Å². The standard InChI is InChI=1S/C6H10O6/c7-1-2-3(8)5(10)4(9)6(5,11)12-2/h2-4,7-11H,1H2/t2-,3-,4?,5-,6-/m1/s1. The van der Waals surface area contributed by atoms with Crippen molar-refractivity contribution >= 4 is 0 Å². The molecule has 6 nitrogen and oxygen atoms in total. The minimum atomic E-state index is -2.10. The summed E-state index contributed by atoms with van der Waals surface area (Å²) in [4.78, 5) is 0. The zero-order chi connectivity index (χ0) is 9.15. The van der Waals surface area contributed by atoms with E-state index in [4.69, 9.17) is 10.2 Å². The highest BCUT2D eigenvalue weighted by molar-refractivity contribution is 5.30. The van der Waals surface area contributed by atoms with Crippen molar-refractivity contribution in [2.45, 2.75) is 29.7 Å². The van der Waals surface area contributed by atoms with Gasteiger partial charge in [-0.3, -0.25) is 0 Å². The van der Waals surface area contributed by atoms with E-state index in [0.717, 1.165) is 0 Å². The average Bonchev–Trinajstić information content (AvgIpc) is 2.36. The normalized spacial score (nSPS) is 63.2. The monoisotopic (exact) mass is 178 g/mol. The third-order valence-electron chi connectivity index (χ3n) is 2.59. The lowest BCUT2D eigenvalue weighted by molar-refractivity contribution is -0.177. The first-order valence-corrected chi connectivity index (χ1v) is 3.58. The number of hydrogen-bond acceptors (Lipinski definition) is 6. The third kappa shape index (κ3) is 0.586. The van der Waals surface area contributed by atoms with Crippen LogP contribution in [0, 0.1) is 0 Å². The summed E-state index contributed by atoms with van der Waals surface area (Å²) in [5.41, 5.74) is -2.03. The molecule has 5 N–H and O–H groups in total. The molecule has 12 heavy (non-hydrogen) atoms. The van der Waals surface area contributed by atoms with Crippen LogP contribution in [-0.4, -0.2) is 61.8 Å². The molecule has 70 valence electrons. The molecule has 5 atom stereocenters. The first-order chi connectivity index (χ1) is 5.48. The van der Waals surface area contributed by atoms with E-state index in [1.165, 1.54) is 0 Å². The summed E-state index contributed by atoms with van der Waals surface area (Å²) < 4.78 is 4.66. The highest BCUT2D eigenvalue weighted by atomic mass is 16.7. The molecular formula is C6H10O6. The molecule has 0 aromatic rings. The number of hydrogen-bond donors (Lipinski definition) is 5. The fourth-order valence-electron chi connectivity index (χ4n) is 1.67. The largest absolute Gasteiger partial charge is 0.394 e. The highest BCUT2D eigenvalue weighted by Gasteiger charge is 2.87. The van der Waals surface area contributed by atoms with Crippen LogP contribution in [0.1, 0.15) is 0 Å². The van der Waals surface area contributed by atoms with Crippen LogP contribution in [-0.2, 0) is 4.74 Å². The summed E-state index contributed by atoms with van der Waals surface area (Å²) in [6.07, 6.45) is -3.99. The van der Waals surface area contributed by atoms with Crippen molar-refractivity contribution in [1.82, 2.24) is 0 Å². The molecule has 1 saturated heterocycles. The minimum Gasteiger partial charge on any atom is -0.394 e. The molecule has 0 amide bonds. The maximum atomic E-state index is 9.38. The second-order valence-corrected chi connectivity index (χ2v) is 3.21. The lowest BCUT2D eigenvalue weighted by Gasteiger charge is -2.17. The van der Waals surface area contributed by atoms with E-state index in [1.54, 1.807) is 0 Å². The van der Waals surface area contributed by atoms with Crippen molar-refractivity contribution in [3.8, 4) is 0 Å². The molecular weight excluding hydrogens is 168 g/mol. The second kappa shape index (κ2) is 1.98. The van der Waals surface area contributed by atoms with Crippen LogP contribution < -0.4 is 0 Å². The van der Waals surface area contributed by atoms with Gasteiger partial charge in [-0.1, -0.05) is 0 Å². The quantitative estimate of drug-likeness (QED) is 0.285. The highest BCUT2D eigenvalue weighted by Crippen LogP contribution is 2.57. The van der Waals surface area contributed by atoms with E-state index in [2.05, 4.69) is 4.74 Å². The summed E-state index contributed by atoms with van der Waals surface area (Å²) >= 11 is 0. The fourth-order valence-corrected chi connectivity index (χ4v) is 1.67. The number of fused-ring (bicyclic) bond motifs is 1. The van der Waals surface area contributed by atoms with Gasteiger partial charge in [0.05, 0.1) is 6.61 Å². The Morgan fingerprint density at radius 3 is 2.17 bits per heavy atom. The van der Waals surface area contributed by atoms with Crippen LogP contribution >= 0.6 is 0 Å². The number of aliphatic hydroxyl groups is 5. The first kappa shape index (κ1) is 8.36. The smallest absolute Gasteiger partial charge is 0.231 e. The van der Waals surface area contributed by atoms with Crippen molar-refractivity contribution in [2.24, 2.45) is 0 Å². The maximum absolute atomic E-state index is 9.38. The van der Waals surface area contributed by atoms with E-state index in [9.17, 15) is 15.3 Å².